The zero-order valence-corrected chi connectivity index (χ0v) is 13.0. The zero-order chi connectivity index (χ0) is 16.7. The second kappa shape index (κ2) is 9.10. The molecule has 1 aromatic rings. The third-order valence-electron chi connectivity index (χ3n) is 3.93. The minimum Gasteiger partial charge on any atom is -0.432 e. The molecule has 2 rings (SSSR count). The van der Waals surface area contributed by atoms with Gasteiger partial charge in [0.05, 0.1) is 6.10 Å². The summed E-state index contributed by atoms with van der Waals surface area (Å²) in [4.78, 5) is 2.32. The minimum absolute atomic E-state index is 0.156. The summed E-state index contributed by atoms with van der Waals surface area (Å²) in [5, 5.41) is 12.6. The van der Waals surface area contributed by atoms with Crippen LogP contribution in [0.5, 0.6) is 5.75 Å². The van der Waals surface area contributed by atoms with Crippen LogP contribution in [0.1, 0.15) is 24.8 Å². The van der Waals surface area contributed by atoms with Crippen molar-refractivity contribution in [1.29, 1.82) is 0 Å². The Labute approximate surface area is 134 Å². The van der Waals surface area contributed by atoms with E-state index < -0.39 is 18.2 Å². The van der Waals surface area contributed by atoms with E-state index in [4.69, 9.17) is 0 Å². The molecule has 0 amide bonds. The Kier molecular flexibility index (Phi) is 7.14. The predicted molar refractivity (Wildman–Crippen MR) is 81.0 cm³/mol. The first-order chi connectivity index (χ1) is 11.0. The highest BCUT2D eigenvalue weighted by molar-refractivity contribution is 5.29. The van der Waals surface area contributed by atoms with Gasteiger partial charge in [-0.3, -0.25) is 0 Å². The van der Waals surface area contributed by atoms with E-state index in [2.05, 4.69) is 15.0 Å². The van der Waals surface area contributed by atoms with Crippen molar-refractivity contribution in [3.05, 3.63) is 29.6 Å². The smallest absolute Gasteiger partial charge is 0.387 e. The molecule has 0 unspecified atom stereocenters. The van der Waals surface area contributed by atoms with E-state index in [0.717, 1.165) is 45.4 Å². The number of ether oxygens (including phenoxy) is 1. The van der Waals surface area contributed by atoms with E-state index in [1.165, 1.54) is 12.1 Å². The fraction of sp³-hybridized carbons (Fsp3) is 0.625. The molecule has 23 heavy (non-hydrogen) atoms. The first-order valence-corrected chi connectivity index (χ1v) is 7.89. The van der Waals surface area contributed by atoms with E-state index in [-0.39, 0.29) is 6.10 Å². The number of hydrogen-bond acceptors (Lipinski definition) is 4. The number of nitrogens with one attached hydrogen (secondary N) is 1. The largest absolute Gasteiger partial charge is 0.432 e. The molecule has 1 saturated heterocycles. The molecule has 2 N–H and O–H groups in total. The average molecular weight is 332 g/mol. The highest BCUT2D eigenvalue weighted by Gasteiger charge is 2.16. The monoisotopic (exact) mass is 332 g/mol. The van der Waals surface area contributed by atoms with Crippen LogP contribution in [0.3, 0.4) is 0 Å². The van der Waals surface area contributed by atoms with Gasteiger partial charge < -0.3 is 20.1 Å². The molecule has 0 bridgehead atoms. The number of halogens is 3. The summed E-state index contributed by atoms with van der Waals surface area (Å²) in [6.45, 7) is 1.07. The van der Waals surface area contributed by atoms with Crippen molar-refractivity contribution in [3.8, 4) is 5.75 Å². The summed E-state index contributed by atoms with van der Waals surface area (Å²) in [5.74, 6) is -1.22. The Morgan fingerprint density at radius 3 is 2.70 bits per heavy atom. The lowest BCUT2D eigenvalue weighted by Gasteiger charge is -2.29. The molecule has 1 aromatic carbocycles. The van der Waals surface area contributed by atoms with Crippen molar-refractivity contribution in [2.45, 2.75) is 38.5 Å². The maximum Gasteiger partial charge on any atom is 0.387 e. The fourth-order valence-electron chi connectivity index (χ4n) is 2.65. The molecule has 1 heterocycles. The van der Waals surface area contributed by atoms with Gasteiger partial charge in [-0.1, -0.05) is 6.07 Å². The Balaban J connectivity index is 1.63. The van der Waals surface area contributed by atoms with Crippen molar-refractivity contribution in [2.75, 3.05) is 26.2 Å². The lowest BCUT2D eigenvalue weighted by molar-refractivity contribution is -0.0522. The molecule has 130 valence electrons. The number of hydrogen-bond donors (Lipinski definition) is 2. The van der Waals surface area contributed by atoms with Gasteiger partial charge in [-0.2, -0.15) is 8.78 Å². The molecule has 4 nitrogen and oxygen atoms in total. The van der Waals surface area contributed by atoms with E-state index in [1.807, 2.05) is 0 Å². The molecule has 0 aliphatic carbocycles. The summed E-state index contributed by atoms with van der Waals surface area (Å²) in [6, 6.07) is 3.99. The lowest BCUT2D eigenvalue weighted by Crippen LogP contribution is -2.37. The number of likely N-dealkylation sites (tertiary alicyclic amines) is 1. The number of aliphatic hydroxyl groups is 1. The Hall–Kier alpha value is -1.31. The van der Waals surface area contributed by atoms with Gasteiger partial charge in [0.25, 0.3) is 0 Å². The first-order valence-electron chi connectivity index (χ1n) is 7.89. The number of rotatable bonds is 8. The van der Waals surface area contributed by atoms with Crippen LogP contribution in [0.25, 0.3) is 0 Å². The first kappa shape index (κ1) is 18.0. The highest BCUT2D eigenvalue weighted by atomic mass is 19.3. The molecule has 0 atom stereocenters. The summed E-state index contributed by atoms with van der Waals surface area (Å²) >= 11 is 0. The Morgan fingerprint density at radius 2 is 2.04 bits per heavy atom. The molecule has 0 saturated carbocycles. The molecule has 1 aliphatic heterocycles. The lowest BCUT2D eigenvalue weighted by atomic mass is 10.1. The van der Waals surface area contributed by atoms with Crippen molar-refractivity contribution >= 4 is 0 Å². The molecule has 1 aliphatic rings. The van der Waals surface area contributed by atoms with Crippen LogP contribution in [-0.4, -0.2) is 48.9 Å². The normalized spacial score (nSPS) is 16.9. The van der Waals surface area contributed by atoms with Crippen LogP contribution >= 0.6 is 0 Å². The second-order valence-corrected chi connectivity index (χ2v) is 5.75. The minimum atomic E-state index is -3.02. The van der Waals surface area contributed by atoms with Crippen LogP contribution in [0.15, 0.2) is 18.2 Å². The average Bonchev–Trinajstić information content (AvgIpc) is 2.51. The van der Waals surface area contributed by atoms with Gasteiger partial charge in [0, 0.05) is 19.6 Å². The van der Waals surface area contributed by atoms with Gasteiger partial charge in [-0.05, 0) is 50.0 Å². The van der Waals surface area contributed by atoms with Gasteiger partial charge in [0.1, 0.15) is 0 Å². The number of benzene rings is 1. The molecular weight excluding hydrogens is 309 g/mol. The summed E-state index contributed by atoms with van der Waals surface area (Å²) < 4.78 is 41.7. The van der Waals surface area contributed by atoms with E-state index >= 15 is 0 Å². The van der Waals surface area contributed by atoms with Gasteiger partial charge >= 0.3 is 6.61 Å². The molecule has 7 heteroatoms. The van der Waals surface area contributed by atoms with Crippen molar-refractivity contribution in [3.63, 3.8) is 0 Å². The molecule has 1 fully saturated rings. The van der Waals surface area contributed by atoms with Gasteiger partial charge in [0.2, 0.25) is 0 Å². The van der Waals surface area contributed by atoms with E-state index in [0.29, 0.717) is 12.1 Å². The fourth-order valence-corrected chi connectivity index (χ4v) is 2.65. The van der Waals surface area contributed by atoms with Crippen LogP contribution in [-0.2, 0) is 6.54 Å². The maximum absolute atomic E-state index is 13.5. The van der Waals surface area contributed by atoms with Crippen molar-refractivity contribution in [1.82, 2.24) is 10.2 Å². The topological polar surface area (TPSA) is 44.7 Å². The summed E-state index contributed by atoms with van der Waals surface area (Å²) in [5.41, 5.74) is 0.685. The Bertz CT molecular complexity index is 480. The second-order valence-electron chi connectivity index (χ2n) is 5.75. The molecule has 0 radical (unpaired) electrons. The van der Waals surface area contributed by atoms with Gasteiger partial charge in [0.15, 0.2) is 11.6 Å². The van der Waals surface area contributed by atoms with Crippen molar-refractivity contribution < 1.29 is 23.0 Å². The van der Waals surface area contributed by atoms with E-state index in [1.54, 1.807) is 6.07 Å². The number of alkyl halides is 2. The quantitative estimate of drug-likeness (QED) is 0.718. The Morgan fingerprint density at radius 1 is 1.30 bits per heavy atom. The van der Waals surface area contributed by atoms with Crippen LogP contribution in [0, 0.1) is 5.82 Å². The molecular formula is C16H23F3N2O2. The summed E-state index contributed by atoms with van der Waals surface area (Å²) in [7, 11) is 0. The standard InChI is InChI=1S/C16H23F3N2O2/c17-14-10-12(2-3-15(14)23-16(18)19)11-20-6-1-7-21-8-4-13(22)5-9-21/h2-3,10,13,16,20,22H,1,4-9,11H2. The van der Waals surface area contributed by atoms with Crippen molar-refractivity contribution in [2.24, 2.45) is 0 Å². The highest BCUT2D eigenvalue weighted by Crippen LogP contribution is 2.20. The van der Waals surface area contributed by atoms with Gasteiger partial charge in [-0.25, -0.2) is 4.39 Å². The van der Waals surface area contributed by atoms with Gasteiger partial charge in [-0.15, -0.1) is 0 Å². The number of aliphatic hydroxyl groups excluding tert-OH is 1. The number of nitrogens with zero attached hydrogens (tertiary/aromatic N) is 1. The third-order valence-corrected chi connectivity index (χ3v) is 3.93. The van der Waals surface area contributed by atoms with Crippen LogP contribution in [0.2, 0.25) is 0 Å². The van der Waals surface area contributed by atoms with E-state index in [9.17, 15) is 18.3 Å². The summed E-state index contributed by atoms with van der Waals surface area (Å²) in [6.07, 6.45) is 2.47. The third kappa shape index (κ3) is 6.37. The zero-order valence-electron chi connectivity index (χ0n) is 13.0. The molecule has 0 spiro atoms. The SMILES string of the molecule is OC1CCN(CCCNCc2ccc(OC(F)F)c(F)c2)CC1. The predicted octanol–water partition coefficient (Wildman–Crippen LogP) is 2.36. The van der Waals surface area contributed by atoms with Crippen LogP contribution < -0.4 is 10.1 Å². The molecule has 0 aromatic heterocycles. The van der Waals surface area contributed by atoms with Crippen LogP contribution in [0.4, 0.5) is 13.2 Å². The number of piperidine rings is 1. The maximum atomic E-state index is 13.5.